The van der Waals surface area contributed by atoms with Gasteiger partial charge in [0.2, 0.25) is 6.04 Å². The summed E-state index contributed by atoms with van der Waals surface area (Å²) < 4.78 is 73.1. The Morgan fingerprint density at radius 2 is 1.39 bits per heavy atom. The van der Waals surface area contributed by atoms with Gasteiger partial charge in [-0.15, -0.1) is 0 Å². The zero-order valence-electron chi connectivity index (χ0n) is 9.24. The van der Waals surface area contributed by atoms with Gasteiger partial charge in [-0.3, -0.25) is 0 Å². The molecule has 106 valence electrons. The molecule has 2 amide bonds. The van der Waals surface area contributed by atoms with Crippen molar-refractivity contribution < 1.29 is 31.1 Å². The molecule has 1 heterocycles. The Bertz CT molecular complexity index is 280. The number of nitrogens with zero attached hydrogens (tertiary/aromatic N) is 1. The van der Waals surface area contributed by atoms with Gasteiger partial charge in [0.05, 0.1) is 0 Å². The van der Waals surface area contributed by atoms with Crippen molar-refractivity contribution in [2.75, 3.05) is 13.1 Å². The number of likely N-dealkylation sites (tertiary alicyclic amines) is 1. The van der Waals surface area contributed by atoms with E-state index in [0.29, 0.717) is 12.8 Å². The summed E-state index contributed by atoms with van der Waals surface area (Å²) in [6.45, 7) is 0.350. The van der Waals surface area contributed by atoms with Gasteiger partial charge in [-0.2, -0.15) is 26.3 Å². The van der Waals surface area contributed by atoms with Crippen LogP contribution in [-0.4, -0.2) is 42.4 Å². The van der Waals surface area contributed by atoms with Crippen molar-refractivity contribution in [3.63, 3.8) is 0 Å². The van der Waals surface area contributed by atoms with Crippen molar-refractivity contribution in [3.8, 4) is 0 Å². The third-order valence-electron chi connectivity index (χ3n) is 2.57. The first kappa shape index (κ1) is 14.9. The molecular weight excluding hydrogens is 266 g/mol. The number of piperidine rings is 1. The Labute approximate surface area is 99.1 Å². The van der Waals surface area contributed by atoms with Crippen molar-refractivity contribution in [3.05, 3.63) is 0 Å². The van der Waals surface area contributed by atoms with Crippen LogP contribution in [0.3, 0.4) is 0 Å². The summed E-state index contributed by atoms with van der Waals surface area (Å²) in [5.74, 6) is 0. The molecule has 0 atom stereocenters. The zero-order chi connectivity index (χ0) is 14.0. The van der Waals surface area contributed by atoms with Crippen molar-refractivity contribution in [1.82, 2.24) is 10.2 Å². The van der Waals surface area contributed by atoms with Crippen molar-refractivity contribution >= 4 is 6.03 Å². The number of alkyl halides is 6. The largest absolute Gasteiger partial charge is 0.417 e. The van der Waals surface area contributed by atoms with Crippen LogP contribution in [0, 0.1) is 0 Å². The van der Waals surface area contributed by atoms with Crippen molar-refractivity contribution in [1.29, 1.82) is 0 Å². The van der Waals surface area contributed by atoms with Crippen LogP contribution in [0.1, 0.15) is 19.3 Å². The van der Waals surface area contributed by atoms with Crippen LogP contribution in [0.5, 0.6) is 0 Å². The first-order chi connectivity index (χ1) is 8.12. The lowest BCUT2D eigenvalue weighted by Gasteiger charge is -2.30. The standard InChI is InChI=1S/C9H12F6N2O/c10-8(11,12)6(9(13,14)15)16-7(18)17-4-2-1-3-5-17/h6H,1-5H2,(H,16,18). The van der Waals surface area contributed by atoms with Gasteiger partial charge >= 0.3 is 18.4 Å². The second-order valence-corrected chi connectivity index (χ2v) is 4.01. The number of hydrogen-bond acceptors (Lipinski definition) is 1. The zero-order valence-corrected chi connectivity index (χ0v) is 9.24. The number of nitrogens with one attached hydrogen (secondary N) is 1. The molecule has 0 saturated carbocycles. The van der Waals surface area contributed by atoms with Crippen LogP contribution in [0.25, 0.3) is 0 Å². The number of carbonyl (C=O) groups is 1. The fourth-order valence-corrected chi connectivity index (χ4v) is 1.66. The Morgan fingerprint density at radius 1 is 0.944 bits per heavy atom. The molecule has 9 heteroatoms. The summed E-state index contributed by atoms with van der Waals surface area (Å²) in [7, 11) is 0. The average molecular weight is 278 g/mol. The predicted octanol–water partition coefficient (Wildman–Crippen LogP) is 2.68. The number of hydrogen-bond donors (Lipinski definition) is 1. The lowest BCUT2D eigenvalue weighted by molar-refractivity contribution is -0.255. The number of halogens is 6. The van der Waals surface area contributed by atoms with E-state index in [1.165, 1.54) is 0 Å². The Kier molecular flexibility index (Phi) is 4.33. The molecular formula is C9H12F6N2O. The fourth-order valence-electron chi connectivity index (χ4n) is 1.66. The summed E-state index contributed by atoms with van der Waals surface area (Å²) in [5.41, 5.74) is 0. The van der Waals surface area contributed by atoms with Gasteiger partial charge in [-0.05, 0) is 19.3 Å². The topological polar surface area (TPSA) is 32.3 Å². The molecule has 0 aliphatic carbocycles. The van der Waals surface area contributed by atoms with E-state index in [0.717, 1.165) is 16.6 Å². The smallest absolute Gasteiger partial charge is 0.325 e. The Hall–Kier alpha value is -1.15. The third-order valence-corrected chi connectivity index (χ3v) is 2.57. The van der Waals surface area contributed by atoms with Gasteiger partial charge in [0.1, 0.15) is 0 Å². The van der Waals surface area contributed by atoms with E-state index in [9.17, 15) is 31.1 Å². The number of carbonyl (C=O) groups excluding carboxylic acids is 1. The average Bonchev–Trinajstić information content (AvgIpc) is 2.23. The molecule has 0 spiro atoms. The van der Waals surface area contributed by atoms with E-state index >= 15 is 0 Å². The maximum Gasteiger partial charge on any atom is 0.417 e. The molecule has 1 N–H and O–H groups in total. The van der Waals surface area contributed by atoms with E-state index in [2.05, 4.69) is 0 Å². The molecule has 0 aromatic carbocycles. The van der Waals surface area contributed by atoms with E-state index in [-0.39, 0.29) is 13.1 Å². The highest BCUT2D eigenvalue weighted by molar-refractivity contribution is 5.74. The summed E-state index contributed by atoms with van der Waals surface area (Å²) in [5, 5.41) is 1.00. The number of rotatable bonds is 1. The van der Waals surface area contributed by atoms with Crippen LogP contribution in [0.2, 0.25) is 0 Å². The molecule has 0 radical (unpaired) electrons. The van der Waals surface area contributed by atoms with Crippen LogP contribution in [0.15, 0.2) is 0 Å². The second-order valence-electron chi connectivity index (χ2n) is 4.01. The van der Waals surface area contributed by atoms with Crippen molar-refractivity contribution in [2.45, 2.75) is 37.7 Å². The quantitative estimate of drug-likeness (QED) is 0.735. The molecule has 1 aliphatic heterocycles. The highest BCUT2D eigenvalue weighted by Crippen LogP contribution is 2.33. The highest BCUT2D eigenvalue weighted by atomic mass is 19.4. The number of urea groups is 1. The minimum atomic E-state index is -5.55. The molecule has 1 fully saturated rings. The molecule has 0 unspecified atom stereocenters. The SMILES string of the molecule is O=C(NC(C(F)(F)F)C(F)(F)F)N1CCCCC1. The molecule has 0 bridgehead atoms. The van der Waals surface area contributed by atoms with Gasteiger partial charge in [0.25, 0.3) is 0 Å². The number of amides is 2. The van der Waals surface area contributed by atoms with Gasteiger partial charge in [0, 0.05) is 13.1 Å². The molecule has 1 rings (SSSR count). The normalized spacial score (nSPS) is 18.1. The minimum Gasteiger partial charge on any atom is -0.325 e. The van der Waals surface area contributed by atoms with E-state index in [4.69, 9.17) is 0 Å². The molecule has 1 aliphatic rings. The summed E-state index contributed by atoms with van der Waals surface area (Å²) >= 11 is 0. The van der Waals surface area contributed by atoms with Crippen LogP contribution >= 0.6 is 0 Å². The first-order valence-electron chi connectivity index (χ1n) is 5.31. The fraction of sp³-hybridized carbons (Fsp3) is 0.889. The first-order valence-corrected chi connectivity index (χ1v) is 5.31. The van der Waals surface area contributed by atoms with E-state index in [1.54, 1.807) is 0 Å². The van der Waals surface area contributed by atoms with Crippen molar-refractivity contribution in [2.24, 2.45) is 0 Å². The molecule has 0 aromatic rings. The maximum atomic E-state index is 12.2. The lowest BCUT2D eigenvalue weighted by Crippen LogP contribution is -2.58. The van der Waals surface area contributed by atoms with E-state index < -0.39 is 24.4 Å². The molecule has 0 aromatic heterocycles. The lowest BCUT2D eigenvalue weighted by atomic mass is 10.1. The second kappa shape index (κ2) is 5.23. The molecule has 3 nitrogen and oxygen atoms in total. The predicted molar refractivity (Wildman–Crippen MR) is 49.9 cm³/mol. The van der Waals surface area contributed by atoms with Gasteiger partial charge in [0.15, 0.2) is 0 Å². The highest BCUT2D eigenvalue weighted by Gasteiger charge is 2.57. The maximum absolute atomic E-state index is 12.2. The van der Waals surface area contributed by atoms with Crippen LogP contribution in [-0.2, 0) is 0 Å². The summed E-state index contributed by atoms with van der Waals surface area (Å²) in [6, 6.07) is -5.14. The molecule has 1 saturated heterocycles. The molecule has 18 heavy (non-hydrogen) atoms. The van der Waals surface area contributed by atoms with Gasteiger partial charge in [-0.1, -0.05) is 0 Å². The summed E-state index contributed by atoms with van der Waals surface area (Å²) in [6.07, 6.45) is -9.13. The van der Waals surface area contributed by atoms with Gasteiger partial charge in [-0.25, -0.2) is 4.79 Å². The van der Waals surface area contributed by atoms with E-state index in [1.807, 2.05) is 0 Å². The third kappa shape index (κ3) is 3.95. The van der Waals surface area contributed by atoms with Crippen LogP contribution < -0.4 is 5.32 Å². The Balaban J connectivity index is 2.69. The summed E-state index contributed by atoms with van der Waals surface area (Å²) in [4.78, 5) is 12.3. The minimum absolute atomic E-state index is 0.175. The Morgan fingerprint density at radius 3 is 1.78 bits per heavy atom. The van der Waals surface area contributed by atoms with Gasteiger partial charge < -0.3 is 10.2 Å². The monoisotopic (exact) mass is 278 g/mol. The van der Waals surface area contributed by atoms with Crippen LogP contribution in [0.4, 0.5) is 31.1 Å².